The summed E-state index contributed by atoms with van der Waals surface area (Å²) in [6.45, 7) is 26.2. The summed E-state index contributed by atoms with van der Waals surface area (Å²) in [6.07, 6.45) is 0.718. The van der Waals surface area contributed by atoms with Crippen molar-refractivity contribution >= 4 is 109 Å². The second kappa shape index (κ2) is 31.7. The molecule has 0 saturated carbocycles. The Kier molecular flexibility index (Phi) is 19.0. The predicted octanol–water partition coefficient (Wildman–Crippen LogP) is 37.9. The average molecular weight is 1940 g/mol. The van der Waals surface area contributed by atoms with Gasteiger partial charge in [0.25, 0.3) is 0 Å². The first-order valence-electron chi connectivity index (χ1n) is 51.9. The molecule has 1 unspecified atom stereocenters. The Morgan fingerprint density at radius 1 is 0.238 bits per heavy atom. The lowest BCUT2D eigenvalue weighted by atomic mass is 9.64. The van der Waals surface area contributed by atoms with Crippen molar-refractivity contribution in [2.24, 2.45) is 0 Å². The number of hydrogen-bond acceptors (Lipinski definition) is 7. The van der Waals surface area contributed by atoms with Crippen LogP contribution in [0.25, 0.3) is 84.9 Å². The molecule has 3 spiro atoms. The summed E-state index contributed by atoms with van der Waals surface area (Å²) >= 11 is 5.68. The van der Waals surface area contributed by atoms with Crippen molar-refractivity contribution in [1.29, 1.82) is 0 Å². The van der Waals surface area contributed by atoms with Gasteiger partial charge in [-0.1, -0.05) is 434 Å². The van der Waals surface area contributed by atoms with E-state index in [0.717, 1.165) is 85.8 Å². The molecule has 0 saturated heterocycles. The van der Waals surface area contributed by atoms with Crippen LogP contribution >= 0.6 is 34.4 Å². The summed E-state index contributed by atoms with van der Waals surface area (Å²) < 4.78 is 21.0. The number of ether oxygens (including phenoxy) is 2. The van der Waals surface area contributed by atoms with Gasteiger partial charge in [-0.2, -0.15) is 0 Å². The fraction of sp³-hybridized carbons (Fsp3) is 0.143. The minimum atomic E-state index is -0.896. The zero-order valence-corrected chi connectivity index (χ0v) is 86.6. The maximum atomic E-state index is 8.04. The first-order chi connectivity index (χ1) is 71.5. The van der Waals surface area contributed by atoms with Gasteiger partial charge in [0, 0.05) is 79.1 Å². The third-order valence-corrected chi connectivity index (χ3v) is 37.4. The zero-order valence-electron chi connectivity index (χ0n) is 84.1. The third kappa shape index (κ3) is 12.3. The quantitative estimate of drug-likeness (QED) is 0.129. The number of benzene rings is 20. The Bertz CT molecular complexity index is 9240. The Balaban J connectivity index is 0.641. The lowest BCUT2D eigenvalue weighted by Crippen LogP contribution is -2.33. The number of rotatable bonds is 11. The normalized spacial score (nSPS) is 15.5. The lowest BCUT2D eigenvalue weighted by molar-refractivity contribution is 0.437. The van der Waals surface area contributed by atoms with Crippen molar-refractivity contribution in [3.63, 3.8) is 0 Å². The molecular formula is C140H106N2O2S3. The predicted molar refractivity (Wildman–Crippen MR) is 614 cm³/mol. The number of hydrogen-bond donors (Lipinski definition) is 0. The van der Waals surface area contributed by atoms with Crippen molar-refractivity contribution in [2.45, 2.75) is 136 Å². The van der Waals surface area contributed by atoms with E-state index in [4.69, 9.17) is 9.47 Å². The number of nitrogens with zero attached hydrogens (tertiary/aromatic N) is 2. The second-order valence-corrected chi connectivity index (χ2v) is 48.4. The SMILES string of the molecule is CC(C)(C)c1ccc2c(c1)C1(c3ccccc3Oc3c(N(c4ccc5c(c4)C(c4ccccc4)(c4ccccc4)c4ccccc4-5)c4cccc5c4sc4ccccc45)cccc31)c1cc(C(C)(C)Cc3ccc(N(c4ccc5c(c4)C4(c6ccccc6Sc6ccccc64)c4ccccc4-5)c4cccc5c4Oc4ccccc4C54c5cc(C(C)(C)C)ccc5-c5ccc(C(C)(C)C)cc54)c4c3sc3ccccc34)ccc1-2. The van der Waals surface area contributed by atoms with Crippen LogP contribution in [0.15, 0.2) is 441 Å². The molecule has 0 fully saturated rings. The summed E-state index contributed by atoms with van der Waals surface area (Å²) in [5.41, 5.74) is 38.0. The van der Waals surface area contributed by atoms with E-state index < -0.39 is 27.1 Å². The van der Waals surface area contributed by atoms with Gasteiger partial charge < -0.3 is 19.3 Å². The summed E-state index contributed by atoms with van der Waals surface area (Å²) in [5, 5.41) is 4.88. The van der Waals surface area contributed by atoms with Crippen LogP contribution in [-0.4, -0.2) is 0 Å². The van der Waals surface area contributed by atoms with Gasteiger partial charge in [-0.25, -0.2) is 0 Å². The third-order valence-electron chi connectivity index (χ3n) is 33.8. The molecule has 0 radical (unpaired) electrons. The topological polar surface area (TPSA) is 24.9 Å². The molecule has 706 valence electrons. The first-order valence-corrected chi connectivity index (χ1v) is 54.3. The molecule has 3 aliphatic heterocycles. The largest absolute Gasteiger partial charge is 0.454 e. The van der Waals surface area contributed by atoms with E-state index >= 15 is 0 Å². The highest BCUT2D eigenvalue weighted by molar-refractivity contribution is 7.99. The number of fused-ring (bicyclic) bond motifs is 36. The molecule has 2 aromatic heterocycles. The smallest absolute Gasteiger partial charge is 0.156 e. The van der Waals surface area contributed by atoms with Crippen molar-refractivity contribution < 1.29 is 9.47 Å². The fourth-order valence-electron chi connectivity index (χ4n) is 27.1. The van der Waals surface area contributed by atoms with E-state index in [2.05, 4.69) is 517 Å². The van der Waals surface area contributed by atoms with E-state index in [0.29, 0.717) is 0 Å². The van der Waals surface area contributed by atoms with Crippen LogP contribution in [0, 0.1) is 0 Å². The minimum absolute atomic E-state index is 0.152. The lowest BCUT2D eigenvalue weighted by Gasteiger charge is -2.42. The summed E-state index contributed by atoms with van der Waals surface area (Å²) in [7, 11) is 0. The van der Waals surface area contributed by atoms with Gasteiger partial charge in [-0.3, -0.25) is 0 Å². The molecule has 22 aromatic rings. The van der Waals surface area contributed by atoms with Gasteiger partial charge in [-0.05, 0) is 252 Å². The van der Waals surface area contributed by atoms with Crippen LogP contribution in [0.1, 0.15) is 193 Å². The molecule has 7 aliphatic rings. The van der Waals surface area contributed by atoms with E-state index in [-0.39, 0.29) is 16.2 Å². The monoisotopic (exact) mass is 1940 g/mol. The van der Waals surface area contributed by atoms with Crippen molar-refractivity contribution in [1.82, 2.24) is 0 Å². The second-order valence-electron chi connectivity index (χ2n) is 45.2. The van der Waals surface area contributed by atoms with Crippen LogP contribution in [-0.2, 0) is 49.7 Å². The standard InChI is InChI=1S/C140H106N2O2S3/c1-133(2,3)87-64-70-95-96-71-65-88(134(4,5)6)78-113(96)139(112(95)77-87)106-48-24-28-57-122(106)143-129-110(139)52-35-54-119(129)141(91-68-75-100-94-42-19-23-47-105(94)138(117(100)82-91)108-50-26-32-61-126(108)145-127-62-33-27-51-109(127)138)118-76-63-84(131-128(118)103-44-21-31-60-125(103)146-131)83-136(10,11)90-67-73-98-97-72-66-89(135(7,8)9)79-114(97)140(115(98)80-90)107-49-25-29-58-123(107)144-130-111(140)53-36-55-120(130)142(121-56-34-45-102-101-43-20-30-59-124(101)147-132(102)121)92-69-74-99-93-41-18-22-46-104(93)137(116(99)81-92,85-37-14-12-15-38-85)86-39-16-13-17-40-86/h12-82H,83H2,1-11H3. The molecule has 147 heavy (non-hydrogen) atoms. The highest BCUT2D eigenvalue weighted by atomic mass is 32.2. The van der Waals surface area contributed by atoms with E-state index in [1.807, 2.05) is 34.4 Å². The average Bonchev–Trinajstić information content (AvgIpc) is 1.54. The Morgan fingerprint density at radius 3 is 1.09 bits per heavy atom. The first kappa shape index (κ1) is 87.9. The molecule has 0 bridgehead atoms. The minimum Gasteiger partial charge on any atom is -0.454 e. The zero-order chi connectivity index (χ0) is 98.9. The molecule has 4 aliphatic carbocycles. The van der Waals surface area contributed by atoms with Crippen LogP contribution in [0.4, 0.5) is 34.1 Å². The van der Waals surface area contributed by atoms with Crippen LogP contribution in [0.3, 0.4) is 0 Å². The number of para-hydroxylation sites is 4. The number of thiophene rings is 2. The maximum absolute atomic E-state index is 8.04. The molecule has 5 heterocycles. The van der Waals surface area contributed by atoms with Gasteiger partial charge in [0.1, 0.15) is 11.5 Å². The fourth-order valence-corrected chi connectivity index (χ4v) is 30.8. The molecule has 0 N–H and O–H groups in total. The number of anilines is 6. The van der Waals surface area contributed by atoms with Gasteiger partial charge in [-0.15, -0.1) is 22.7 Å². The molecule has 4 nitrogen and oxygen atoms in total. The molecule has 1 atom stereocenters. The Morgan fingerprint density at radius 2 is 0.585 bits per heavy atom. The van der Waals surface area contributed by atoms with Crippen LogP contribution < -0.4 is 19.3 Å². The molecule has 29 rings (SSSR count). The maximum Gasteiger partial charge on any atom is 0.156 e. The van der Waals surface area contributed by atoms with Crippen molar-refractivity contribution in [3.05, 3.63) is 548 Å². The van der Waals surface area contributed by atoms with Crippen molar-refractivity contribution in [3.8, 4) is 67.5 Å². The Hall–Kier alpha value is -15.6. The summed E-state index contributed by atoms with van der Waals surface area (Å²) in [5.74, 6) is 3.33. The van der Waals surface area contributed by atoms with Gasteiger partial charge in [0.15, 0.2) is 11.5 Å². The van der Waals surface area contributed by atoms with Crippen LogP contribution in [0.2, 0.25) is 0 Å². The summed E-state index contributed by atoms with van der Waals surface area (Å²) in [4.78, 5) is 7.73. The van der Waals surface area contributed by atoms with Gasteiger partial charge in [0.05, 0.1) is 49.1 Å². The summed E-state index contributed by atoms with van der Waals surface area (Å²) in [6, 6.07) is 166. The van der Waals surface area contributed by atoms with Gasteiger partial charge >= 0.3 is 0 Å². The van der Waals surface area contributed by atoms with E-state index in [1.165, 1.54) is 189 Å². The van der Waals surface area contributed by atoms with Crippen LogP contribution in [0.5, 0.6) is 23.0 Å². The molecule has 0 amide bonds. The Labute approximate surface area is 872 Å². The molecular weight excluding hydrogens is 1840 g/mol. The van der Waals surface area contributed by atoms with Gasteiger partial charge in [0.2, 0.25) is 0 Å². The highest BCUT2D eigenvalue weighted by Gasteiger charge is 2.58. The van der Waals surface area contributed by atoms with E-state index in [9.17, 15) is 0 Å². The van der Waals surface area contributed by atoms with E-state index in [1.54, 1.807) is 0 Å². The molecule has 7 heteroatoms. The van der Waals surface area contributed by atoms with Crippen molar-refractivity contribution in [2.75, 3.05) is 9.80 Å². The highest BCUT2D eigenvalue weighted by Crippen LogP contribution is 2.71. The molecule has 20 aromatic carbocycles.